The molecule has 0 saturated heterocycles. The van der Waals surface area contributed by atoms with Gasteiger partial charge in [0.25, 0.3) is 0 Å². The van der Waals surface area contributed by atoms with E-state index in [2.05, 4.69) is 53.8 Å². The molecular weight excluding hydrogens is 638 g/mol. The summed E-state index contributed by atoms with van der Waals surface area (Å²) < 4.78 is 6.17. The Bertz CT molecular complexity index is 1450. The van der Waals surface area contributed by atoms with Crippen LogP contribution in [0.1, 0.15) is 165 Å². The summed E-state index contributed by atoms with van der Waals surface area (Å²) in [6.07, 6.45) is 15.1. The zero-order valence-corrected chi connectivity index (χ0v) is 33.5. The third kappa shape index (κ3) is 6.15. The summed E-state index contributed by atoms with van der Waals surface area (Å²) in [5.74, 6) is 0.862. The van der Waals surface area contributed by atoms with Crippen LogP contribution in [0.4, 0.5) is 0 Å². The van der Waals surface area contributed by atoms with E-state index < -0.39 is 17.4 Å². The summed E-state index contributed by atoms with van der Waals surface area (Å²) in [5, 5.41) is 12.9. The Labute approximate surface area is 308 Å². The van der Waals surface area contributed by atoms with Gasteiger partial charge in [-0.25, -0.2) is 0 Å². The lowest BCUT2D eigenvalue weighted by atomic mass is 9.33. The number of hydrogen-bond donors (Lipinski definition) is 2. The molecule has 0 spiro atoms. The fraction of sp³-hybridized carbons (Fsp3) is 0.864. The van der Waals surface area contributed by atoms with E-state index in [1.807, 2.05) is 0 Å². The Balaban J connectivity index is 1.24. The number of esters is 1. The minimum absolute atomic E-state index is 0.0781. The highest BCUT2D eigenvalue weighted by atomic mass is 16.5. The van der Waals surface area contributed by atoms with E-state index in [0.717, 1.165) is 89.0 Å². The highest BCUT2D eigenvalue weighted by Crippen LogP contribution is 2.77. The molecule has 0 aliphatic heterocycles. The second-order valence-corrected chi connectivity index (χ2v) is 20.6. The zero-order valence-electron chi connectivity index (χ0n) is 33.5. The quantitative estimate of drug-likeness (QED) is 0.231. The number of carboxylic acid groups (broad SMARTS) is 1. The van der Waals surface area contributed by atoms with Gasteiger partial charge in [-0.15, -0.1) is 0 Å². The van der Waals surface area contributed by atoms with Gasteiger partial charge in [-0.3, -0.25) is 19.2 Å². The number of amides is 1. The summed E-state index contributed by atoms with van der Waals surface area (Å²) in [6.45, 7) is 20.6. The minimum Gasteiger partial charge on any atom is -0.481 e. The maximum Gasteiger partial charge on any atom is 0.309 e. The average molecular weight is 708 g/mol. The van der Waals surface area contributed by atoms with Crippen molar-refractivity contribution >= 4 is 23.6 Å². The van der Waals surface area contributed by atoms with Crippen LogP contribution >= 0.6 is 0 Å². The summed E-state index contributed by atoms with van der Waals surface area (Å²) in [6, 6.07) is 0. The molecule has 1 unspecified atom stereocenters. The number of Topliss-reactive ketones (excluding diaryl/α,β-unsaturated/α-hetero) is 1. The Morgan fingerprint density at radius 1 is 0.863 bits per heavy atom. The lowest BCUT2D eigenvalue weighted by molar-refractivity contribution is -0.233. The van der Waals surface area contributed by atoms with E-state index in [9.17, 15) is 24.3 Å². The summed E-state index contributed by atoms with van der Waals surface area (Å²) >= 11 is 0. The van der Waals surface area contributed by atoms with Gasteiger partial charge in [-0.05, 0) is 130 Å². The molecule has 6 aliphatic rings. The first kappa shape index (κ1) is 38.5. The van der Waals surface area contributed by atoms with Crippen molar-refractivity contribution in [2.45, 2.75) is 171 Å². The predicted octanol–water partition coefficient (Wildman–Crippen LogP) is 9.47. The molecule has 5 fully saturated rings. The van der Waals surface area contributed by atoms with Crippen LogP contribution in [0.2, 0.25) is 0 Å². The van der Waals surface area contributed by atoms with Gasteiger partial charge in [-0.1, -0.05) is 73.3 Å². The molecule has 6 rings (SSSR count). The Morgan fingerprint density at radius 3 is 2.20 bits per heavy atom. The standard InChI is InChI=1S/C44H69NO6/c1-27(2)35-30(46)25-44(23-24-45-37(48)28-13-11-10-12-14-28)22-21-42(8)29(36(35)44)15-16-32-41(7)19-18-33(51-34(47)26-39(3,4)38(49)50)40(5,6)31(41)17-20-43(32,42)9/h27-29,31-33H,10-26H2,1-9H3,(H,45,48)(H,49,50)/t29-,31+,32-,33+,41+,42-,43-,44?/m1/s1. The smallest absolute Gasteiger partial charge is 0.309 e. The third-order valence-electron chi connectivity index (χ3n) is 16.8. The predicted molar refractivity (Wildman–Crippen MR) is 200 cm³/mol. The third-order valence-corrected chi connectivity index (χ3v) is 16.8. The van der Waals surface area contributed by atoms with Crippen LogP contribution in [0.3, 0.4) is 0 Å². The zero-order chi connectivity index (χ0) is 37.4. The molecule has 0 radical (unpaired) electrons. The maximum atomic E-state index is 14.0. The molecule has 0 aromatic carbocycles. The van der Waals surface area contributed by atoms with E-state index in [1.54, 1.807) is 13.8 Å². The summed E-state index contributed by atoms with van der Waals surface area (Å²) in [7, 11) is 0. The number of carbonyl (C=O) groups is 4. The van der Waals surface area contributed by atoms with Crippen molar-refractivity contribution in [3.8, 4) is 0 Å². The van der Waals surface area contributed by atoms with Gasteiger partial charge in [0.05, 0.1) is 11.8 Å². The van der Waals surface area contributed by atoms with E-state index in [4.69, 9.17) is 4.74 Å². The fourth-order valence-electron chi connectivity index (χ4n) is 13.8. The first-order valence-corrected chi connectivity index (χ1v) is 20.7. The van der Waals surface area contributed by atoms with Crippen LogP contribution in [0.5, 0.6) is 0 Å². The number of carbonyl (C=O) groups excluding carboxylic acids is 3. The van der Waals surface area contributed by atoms with E-state index in [-0.39, 0.29) is 57.3 Å². The monoisotopic (exact) mass is 708 g/mol. The normalized spacial score (nSPS) is 39.5. The van der Waals surface area contributed by atoms with Crippen molar-refractivity contribution < 1.29 is 29.0 Å². The number of aliphatic carboxylic acids is 1. The molecule has 7 nitrogen and oxygen atoms in total. The molecule has 0 aromatic rings. The van der Waals surface area contributed by atoms with E-state index in [1.165, 1.54) is 12.0 Å². The average Bonchev–Trinajstić information content (AvgIpc) is 3.35. The van der Waals surface area contributed by atoms with E-state index >= 15 is 0 Å². The molecule has 7 heteroatoms. The fourth-order valence-corrected chi connectivity index (χ4v) is 13.8. The number of ketones is 1. The number of nitrogens with one attached hydrogen (secondary N) is 1. The van der Waals surface area contributed by atoms with Gasteiger partial charge in [0.15, 0.2) is 5.78 Å². The molecule has 0 aromatic heterocycles. The molecule has 51 heavy (non-hydrogen) atoms. The van der Waals surface area contributed by atoms with Crippen LogP contribution in [-0.2, 0) is 23.9 Å². The molecule has 1 amide bonds. The Kier molecular flexibility index (Phi) is 10.0. The molecule has 286 valence electrons. The topological polar surface area (TPSA) is 110 Å². The maximum absolute atomic E-state index is 14.0. The van der Waals surface area contributed by atoms with Gasteiger partial charge in [0.2, 0.25) is 5.91 Å². The highest BCUT2D eigenvalue weighted by molar-refractivity contribution is 6.00. The molecule has 5 saturated carbocycles. The molecular formula is C44H69NO6. The lowest BCUT2D eigenvalue weighted by Gasteiger charge is -2.72. The number of ether oxygens (including phenoxy) is 1. The number of carboxylic acids is 1. The van der Waals surface area contributed by atoms with Gasteiger partial charge in [-0.2, -0.15) is 0 Å². The van der Waals surface area contributed by atoms with Crippen LogP contribution in [0.25, 0.3) is 0 Å². The molecule has 2 N–H and O–H groups in total. The highest BCUT2D eigenvalue weighted by Gasteiger charge is 2.70. The minimum atomic E-state index is -1.15. The summed E-state index contributed by atoms with van der Waals surface area (Å²) in [4.78, 5) is 52.0. The first-order chi connectivity index (χ1) is 23.7. The van der Waals surface area contributed by atoms with Crippen molar-refractivity contribution in [1.82, 2.24) is 5.32 Å². The van der Waals surface area contributed by atoms with E-state index in [0.29, 0.717) is 36.5 Å². The number of rotatable bonds is 9. The second-order valence-electron chi connectivity index (χ2n) is 20.6. The van der Waals surface area contributed by atoms with Gasteiger partial charge in [0.1, 0.15) is 6.10 Å². The van der Waals surface area contributed by atoms with Crippen LogP contribution < -0.4 is 5.32 Å². The molecule has 6 aliphatic carbocycles. The van der Waals surface area contributed by atoms with Crippen molar-refractivity contribution in [3.05, 3.63) is 11.1 Å². The molecule has 0 heterocycles. The van der Waals surface area contributed by atoms with Crippen molar-refractivity contribution in [2.24, 2.45) is 62.1 Å². The first-order valence-electron chi connectivity index (χ1n) is 20.7. The number of fused-ring (bicyclic) bond motifs is 7. The number of allylic oxidation sites excluding steroid dienone is 2. The van der Waals surface area contributed by atoms with Crippen molar-refractivity contribution in [3.63, 3.8) is 0 Å². The van der Waals surface area contributed by atoms with Crippen LogP contribution in [0, 0.1) is 62.1 Å². The number of hydrogen-bond acceptors (Lipinski definition) is 5. The Morgan fingerprint density at radius 2 is 1.55 bits per heavy atom. The Hall–Kier alpha value is -2.18. The second kappa shape index (κ2) is 13.3. The van der Waals surface area contributed by atoms with Gasteiger partial charge >= 0.3 is 11.9 Å². The van der Waals surface area contributed by atoms with Gasteiger partial charge in [0, 0.05) is 29.7 Å². The van der Waals surface area contributed by atoms with Gasteiger partial charge < -0.3 is 15.2 Å². The summed E-state index contributed by atoms with van der Waals surface area (Å²) in [5.41, 5.74) is 1.39. The van der Waals surface area contributed by atoms with Crippen molar-refractivity contribution in [1.29, 1.82) is 0 Å². The molecule has 0 bridgehead atoms. The van der Waals surface area contributed by atoms with Crippen LogP contribution in [0.15, 0.2) is 11.1 Å². The largest absolute Gasteiger partial charge is 0.481 e. The van der Waals surface area contributed by atoms with Crippen LogP contribution in [-0.4, -0.2) is 41.4 Å². The molecule has 8 atom stereocenters. The SMILES string of the molecule is CC(C)C1=C2[C@H]3CC[C@@H]4[C@@]5(C)CC[C@H](OC(=O)CC(C)(C)C(=O)O)C(C)(C)[C@@H]5CC[C@@]4(C)[C@]3(C)CCC2(CCNC(=O)C2CCCCC2)CC1=O. The van der Waals surface area contributed by atoms with Crippen molar-refractivity contribution in [2.75, 3.05) is 6.54 Å². The lowest BCUT2D eigenvalue weighted by Crippen LogP contribution is -2.65.